The minimum Gasteiger partial charge on any atom is -0.352 e. The van der Waals surface area contributed by atoms with Gasteiger partial charge in [0.2, 0.25) is 5.95 Å². The van der Waals surface area contributed by atoms with Gasteiger partial charge in [-0.2, -0.15) is 10.1 Å². The summed E-state index contributed by atoms with van der Waals surface area (Å²) in [6.07, 6.45) is 3.44. The first-order chi connectivity index (χ1) is 12.1. The highest BCUT2D eigenvalue weighted by Gasteiger charge is 2.34. The number of fused-ring (bicyclic) bond motifs is 1. The summed E-state index contributed by atoms with van der Waals surface area (Å²) >= 11 is 0. The zero-order valence-corrected chi connectivity index (χ0v) is 14.0. The number of aromatic nitrogens is 4. The van der Waals surface area contributed by atoms with E-state index in [1.54, 1.807) is 4.68 Å². The van der Waals surface area contributed by atoms with Crippen molar-refractivity contribution >= 4 is 17.5 Å². The topological polar surface area (TPSA) is 76.8 Å². The van der Waals surface area contributed by atoms with Crippen molar-refractivity contribution in [2.75, 3.05) is 10.6 Å². The first kappa shape index (κ1) is 15.2. The van der Waals surface area contributed by atoms with Gasteiger partial charge in [0.15, 0.2) is 0 Å². The van der Waals surface area contributed by atoms with Crippen molar-refractivity contribution in [1.29, 1.82) is 0 Å². The minimum absolute atomic E-state index is 0.163. The van der Waals surface area contributed by atoms with E-state index in [4.69, 9.17) is 0 Å². The molecule has 1 aliphatic rings. The summed E-state index contributed by atoms with van der Waals surface area (Å²) in [6, 6.07) is 13.0. The van der Waals surface area contributed by atoms with Crippen LogP contribution in [-0.2, 0) is 11.8 Å². The number of nitrogens with zero attached hydrogens (tertiary/aromatic N) is 4. The lowest BCUT2D eigenvalue weighted by atomic mass is 9.99. The van der Waals surface area contributed by atoms with Crippen LogP contribution in [0.15, 0.2) is 66.3 Å². The van der Waals surface area contributed by atoms with E-state index < -0.39 is 0 Å². The molecule has 3 heterocycles. The minimum atomic E-state index is -0.345. The van der Waals surface area contributed by atoms with E-state index in [9.17, 15) is 4.79 Å². The molecular weight excluding hydrogens is 316 g/mol. The second kappa shape index (κ2) is 5.94. The zero-order valence-electron chi connectivity index (χ0n) is 14.0. The van der Waals surface area contributed by atoms with Crippen molar-refractivity contribution in [2.45, 2.75) is 13.0 Å². The number of carbonyl (C=O) groups is 1. The number of benzene rings is 1. The third kappa shape index (κ3) is 2.59. The van der Waals surface area contributed by atoms with E-state index in [-0.39, 0.29) is 11.9 Å². The predicted octanol–water partition coefficient (Wildman–Crippen LogP) is 2.54. The molecule has 1 atom stereocenters. The Balaban J connectivity index is 1.78. The highest BCUT2D eigenvalue weighted by Crippen LogP contribution is 2.35. The van der Waals surface area contributed by atoms with Crippen LogP contribution in [-0.4, -0.2) is 25.2 Å². The molecule has 0 saturated heterocycles. The van der Waals surface area contributed by atoms with Gasteiger partial charge >= 0.3 is 0 Å². The number of hydrogen-bond acceptors (Lipinski definition) is 4. The molecule has 1 amide bonds. The number of allylic oxidation sites excluding steroid dienone is 1. The zero-order chi connectivity index (χ0) is 17.4. The van der Waals surface area contributed by atoms with Crippen LogP contribution in [0.3, 0.4) is 0 Å². The van der Waals surface area contributed by atoms with Crippen LogP contribution in [0.1, 0.15) is 18.7 Å². The molecule has 0 spiro atoms. The maximum Gasteiger partial charge on any atom is 0.255 e. The second-order valence-electron chi connectivity index (χ2n) is 5.96. The predicted molar refractivity (Wildman–Crippen MR) is 95.0 cm³/mol. The van der Waals surface area contributed by atoms with Crippen LogP contribution in [0, 0.1) is 0 Å². The van der Waals surface area contributed by atoms with Gasteiger partial charge in [0.05, 0.1) is 5.57 Å². The maximum atomic E-state index is 13.0. The number of amides is 1. The summed E-state index contributed by atoms with van der Waals surface area (Å²) in [6.45, 7) is 1.88. The Hall–Kier alpha value is -3.35. The van der Waals surface area contributed by atoms with Crippen molar-refractivity contribution in [2.24, 2.45) is 7.05 Å². The van der Waals surface area contributed by atoms with Crippen LogP contribution in [0.2, 0.25) is 0 Å². The summed E-state index contributed by atoms with van der Waals surface area (Å²) in [5, 5.41) is 10.5. The van der Waals surface area contributed by atoms with E-state index in [0.717, 1.165) is 17.1 Å². The van der Waals surface area contributed by atoms with Crippen molar-refractivity contribution < 1.29 is 4.79 Å². The fourth-order valence-corrected chi connectivity index (χ4v) is 3.14. The quantitative estimate of drug-likeness (QED) is 0.772. The van der Waals surface area contributed by atoms with Crippen molar-refractivity contribution in [3.8, 4) is 0 Å². The Kier molecular flexibility index (Phi) is 3.61. The SMILES string of the molecule is CC1=C(C(=O)Nc2ccccc2)[C@@H](c2cccn2C)n2ncnc2N1. The smallest absolute Gasteiger partial charge is 0.255 e. The lowest BCUT2D eigenvalue weighted by molar-refractivity contribution is -0.113. The van der Waals surface area contributed by atoms with Gasteiger partial charge in [0, 0.05) is 30.3 Å². The van der Waals surface area contributed by atoms with Gasteiger partial charge in [-0.15, -0.1) is 0 Å². The Bertz CT molecular complexity index is 953. The number of carbonyl (C=O) groups excluding carboxylic acids is 1. The summed E-state index contributed by atoms with van der Waals surface area (Å²) in [5.41, 5.74) is 3.09. The van der Waals surface area contributed by atoms with Crippen LogP contribution in [0.4, 0.5) is 11.6 Å². The molecular formula is C18H18N6O. The molecule has 3 aromatic rings. The Morgan fingerprint density at radius 1 is 1.20 bits per heavy atom. The fourth-order valence-electron chi connectivity index (χ4n) is 3.14. The monoisotopic (exact) mass is 334 g/mol. The number of rotatable bonds is 3. The van der Waals surface area contributed by atoms with Gasteiger partial charge in [-0.25, -0.2) is 4.68 Å². The number of nitrogens with one attached hydrogen (secondary N) is 2. The molecule has 2 N–H and O–H groups in total. The van der Waals surface area contributed by atoms with Gasteiger partial charge in [-0.3, -0.25) is 4.79 Å². The molecule has 4 rings (SSSR count). The number of anilines is 2. The third-order valence-electron chi connectivity index (χ3n) is 4.33. The van der Waals surface area contributed by atoms with Gasteiger partial charge in [-0.05, 0) is 31.2 Å². The number of hydrogen-bond donors (Lipinski definition) is 2. The van der Waals surface area contributed by atoms with Gasteiger partial charge < -0.3 is 15.2 Å². The van der Waals surface area contributed by atoms with Crippen molar-refractivity contribution in [1.82, 2.24) is 19.3 Å². The molecule has 0 saturated carbocycles. The molecule has 1 aromatic carbocycles. The van der Waals surface area contributed by atoms with Crippen molar-refractivity contribution in [3.05, 3.63) is 72.0 Å². The first-order valence-corrected chi connectivity index (χ1v) is 8.00. The Labute approximate surface area is 145 Å². The molecule has 7 nitrogen and oxygen atoms in total. The lowest BCUT2D eigenvalue weighted by Gasteiger charge is -2.28. The Morgan fingerprint density at radius 3 is 2.72 bits per heavy atom. The molecule has 0 aliphatic carbocycles. The molecule has 0 radical (unpaired) electrons. The van der Waals surface area contributed by atoms with Crippen LogP contribution in [0.25, 0.3) is 0 Å². The second-order valence-corrected chi connectivity index (χ2v) is 5.96. The normalized spacial score (nSPS) is 16.3. The summed E-state index contributed by atoms with van der Waals surface area (Å²) in [7, 11) is 1.95. The Morgan fingerprint density at radius 2 is 2.00 bits per heavy atom. The fraction of sp³-hybridized carbons (Fsp3) is 0.167. The van der Waals surface area contributed by atoms with Gasteiger partial charge in [0.1, 0.15) is 12.4 Å². The van der Waals surface area contributed by atoms with E-state index >= 15 is 0 Å². The van der Waals surface area contributed by atoms with Crippen LogP contribution in [0.5, 0.6) is 0 Å². The largest absolute Gasteiger partial charge is 0.352 e. The average molecular weight is 334 g/mol. The van der Waals surface area contributed by atoms with Gasteiger partial charge in [-0.1, -0.05) is 18.2 Å². The van der Waals surface area contributed by atoms with E-state index in [2.05, 4.69) is 20.7 Å². The molecule has 0 bridgehead atoms. The molecule has 7 heteroatoms. The van der Waals surface area contributed by atoms with Gasteiger partial charge in [0.25, 0.3) is 5.91 Å². The van der Waals surface area contributed by atoms with E-state index in [0.29, 0.717) is 11.5 Å². The molecule has 0 unspecified atom stereocenters. The lowest BCUT2D eigenvalue weighted by Crippen LogP contribution is -2.32. The third-order valence-corrected chi connectivity index (χ3v) is 4.33. The summed E-state index contributed by atoms with van der Waals surface area (Å²) in [4.78, 5) is 17.3. The van der Waals surface area contributed by atoms with E-state index in [1.807, 2.05) is 67.2 Å². The van der Waals surface area contributed by atoms with Crippen LogP contribution >= 0.6 is 0 Å². The molecule has 0 fully saturated rings. The standard InChI is InChI=1S/C18H18N6O/c1-12-15(17(25)22-13-7-4-3-5-8-13)16(14-9-6-10-23(14)2)24-18(21-12)19-11-20-24/h3-11,16H,1-2H3,(H,22,25)(H,19,20,21)/t16-/m1/s1. The van der Waals surface area contributed by atoms with Crippen molar-refractivity contribution in [3.63, 3.8) is 0 Å². The number of para-hydroxylation sites is 1. The van der Waals surface area contributed by atoms with E-state index in [1.165, 1.54) is 6.33 Å². The summed E-state index contributed by atoms with van der Waals surface area (Å²) in [5.74, 6) is 0.462. The highest BCUT2D eigenvalue weighted by atomic mass is 16.1. The molecule has 126 valence electrons. The number of aryl methyl sites for hydroxylation is 1. The highest BCUT2D eigenvalue weighted by molar-refractivity contribution is 6.05. The molecule has 1 aliphatic heterocycles. The summed E-state index contributed by atoms with van der Waals surface area (Å²) < 4.78 is 3.73. The molecule has 2 aromatic heterocycles. The van der Waals surface area contributed by atoms with Crippen LogP contribution < -0.4 is 10.6 Å². The average Bonchev–Trinajstić information content (AvgIpc) is 3.23. The maximum absolute atomic E-state index is 13.0. The first-order valence-electron chi connectivity index (χ1n) is 8.00. The molecule has 25 heavy (non-hydrogen) atoms.